The second kappa shape index (κ2) is 19.5. The van der Waals surface area contributed by atoms with E-state index in [1.165, 1.54) is 0 Å². The first-order valence-electron chi connectivity index (χ1n) is 18.3. The van der Waals surface area contributed by atoms with Crippen molar-refractivity contribution >= 4 is 23.9 Å². The van der Waals surface area contributed by atoms with Gasteiger partial charge in [-0.05, 0) is 90.0 Å². The molecule has 2 aromatic rings. The summed E-state index contributed by atoms with van der Waals surface area (Å²) in [5.74, 6) is -1.75. The van der Waals surface area contributed by atoms with Crippen LogP contribution in [0.3, 0.4) is 0 Å². The maximum atomic E-state index is 14.8. The summed E-state index contributed by atoms with van der Waals surface area (Å²) in [5.41, 5.74) is 1.68. The number of alkyl carbamates (subject to hydrolysis) is 1. The summed E-state index contributed by atoms with van der Waals surface area (Å²) in [6.07, 6.45) is 5.42. The monoisotopic (exact) mass is 693 g/mol. The number of aryl methyl sites for hydroxylation is 2. The fourth-order valence-electron chi connectivity index (χ4n) is 5.91. The molecule has 278 valence electrons. The van der Waals surface area contributed by atoms with Crippen LogP contribution < -0.4 is 10.6 Å². The molecular formula is C41H63N3O6. The zero-order valence-corrected chi connectivity index (χ0v) is 32.5. The van der Waals surface area contributed by atoms with Gasteiger partial charge in [0.25, 0.3) is 0 Å². The molecule has 0 fully saturated rings. The van der Waals surface area contributed by atoms with Crippen molar-refractivity contribution in [3.05, 3.63) is 70.8 Å². The van der Waals surface area contributed by atoms with Gasteiger partial charge in [-0.2, -0.15) is 0 Å². The summed E-state index contributed by atoms with van der Waals surface area (Å²) in [5, 5.41) is 5.82. The number of esters is 1. The first kappa shape index (κ1) is 42.3. The number of benzene rings is 2. The van der Waals surface area contributed by atoms with Crippen molar-refractivity contribution < 1.29 is 28.7 Å². The molecule has 0 aromatic heterocycles. The summed E-state index contributed by atoms with van der Waals surface area (Å²) in [6.45, 7) is 20.7. The van der Waals surface area contributed by atoms with Gasteiger partial charge < -0.3 is 25.0 Å². The lowest BCUT2D eigenvalue weighted by atomic mass is 9.92. The third kappa shape index (κ3) is 14.2. The van der Waals surface area contributed by atoms with E-state index < -0.39 is 47.3 Å². The predicted molar refractivity (Wildman–Crippen MR) is 200 cm³/mol. The van der Waals surface area contributed by atoms with E-state index in [1.54, 1.807) is 46.4 Å². The third-order valence-corrected chi connectivity index (χ3v) is 8.31. The van der Waals surface area contributed by atoms with E-state index in [9.17, 15) is 19.2 Å². The fraction of sp³-hybridized carbons (Fsp3) is 0.610. The van der Waals surface area contributed by atoms with E-state index in [-0.39, 0.29) is 24.8 Å². The van der Waals surface area contributed by atoms with Crippen molar-refractivity contribution in [2.24, 2.45) is 5.92 Å². The molecule has 2 N–H and O–H groups in total. The predicted octanol–water partition coefficient (Wildman–Crippen LogP) is 8.15. The Morgan fingerprint density at radius 3 is 1.84 bits per heavy atom. The van der Waals surface area contributed by atoms with E-state index >= 15 is 0 Å². The van der Waals surface area contributed by atoms with Gasteiger partial charge in [-0.1, -0.05) is 101 Å². The van der Waals surface area contributed by atoms with Crippen LogP contribution in [0.5, 0.6) is 0 Å². The average Bonchev–Trinajstić information content (AvgIpc) is 3.00. The summed E-state index contributed by atoms with van der Waals surface area (Å²) >= 11 is 0. The van der Waals surface area contributed by atoms with Gasteiger partial charge in [0, 0.05) is 13.0 Å². The Balaban J connectivity index is 2.67. The molecule has 2 aromatic carbocycles. The van der Waals surface area contributed by atoms with Gasteiger partial charge in [0.2, 0.25) is 11.8 Å². The van der Waals surface area contributed by atoms with Crippen LogP contribution in [0.1, 0.15) is 129 Å². The van der Waals surface area contributed by atoms with Gasteiger partial charge >= 0.3 is 12.1 Å². The molecule has 0 saturated heterocycles. The zero-order valence-electron chi connectivity index (χ0n) is 32.5. The van der Waals surface area contributed by atoms with Crippen LogP contribution in [-0.2, 0) is 30.3 Å². The summed E-state index contributed by atoms with van der Waals surface area (Å²) in [4.78, 5) is 57.9. The van der Waals surface area contributed by atoms with E-state index in [0.29, 0.717) is 12.0 Å². The molecule has 0 heterocycles. The number of rotatable bonds is 17. The summed E-state index contributed by atoms with van der Waals surface area (Å²) in [6, 6.07) is 12.2. The number of hydrogen-bond acceptors (Lipinski definition) is 6. The minimum absolute atomic E-state index is 0.209. The lowest BCUT2D eigenvalue weighted by Gasteiger charge is -2.37. The van der Waals surface area contributed by atoms with Crippen LogP contribution in [0.4, 0.5) is 4.79 Å². The highest BCUT2D eigenvalue weighted by Crippen LogP contribution is 2.30. The maximum Gasteiger partial charge on any atom is 0.408 e. The number of nitrogens with zero attached hydrogens (tertiary/aromatic N) is 1. The smallest absolute Gasteiger partial charge is 0.408 e. The van der Waals surface area contributed by atoms with Crippen molar-refractivity contribution in [3.63, 3.8) is 0 Å². The Morgan fingerprint density at radius 2 is 1.30 bits per heavy atom. The molecule has 50 heavy (non-hydrogen) atoms. The van der Waals surface area contributed by atoms with Crippen LogP contribution in [-0.4, -0.2) is 58.6 Å². The van der Waals surface area contributed by atoms with Gasteiger partial charge in [0.05, 0.1) is 0 Å². The SMILES string of the molecule is CCCCCCCCN(C(=O)C(NC(=O)OC(C)(C)C)C(C)C)C(C(=O)NC(Cc1ccccc1)C(=O)OC(C)(C)C)c1c(C)cccc1C. The summed E-state index contributed by atoms with van der Waals surface area (Å²) < 4.78 is 11.3. The van der Waals surface area contributed by atoms with Gasteiger partial charge in [-0.15, -0.1) is 0 Å². The largest absolute Gasteiger partial charge is 0.458 e. The van der Waals surface area contributed by atoms with Crippen LogP contribution in [0, 0.1) is 19.8 Å². The average molecular weight is 694 g/mol. The first-order chi connectivity index (χ1) is 23.3. The molecular weight excluding hydrogens is 630 g/mol. The molecule has 0 aliphatic heterocycles. The van der Waals surface area contributed by atoms with E-state index in [0.717, 1.165) is 48.8 Å². The van der Waals surface area contributed by atoms with Crippen LogP contribution >= 0.6 is 0 Å². The third-order valence-electron chi connectivity index (χ3n) is 8.31. The zero-order chi connectivity index (χ0) is 37.6. The van der Waals surface area contributed by atoms with Gasteiger partial charge in [-0.3, -0.25) is 9.59 Å². The van der Waals surface area contributed by atoms with Crippen molar-refractivity contribution in [2.45, 2.75) is 150 Å². The van der Waals surface area contributed by atoms with Gasteiger partial charge in [-0.25, -0.2) is 9.59 Å². The highest BCUT2D eigenvalue weighted by atomic mass is 16.6. The molecule has 3 atom stereocenters. The molecule has 3 unspecified atom stereocenters. The van der Waals surface area contributed by atoms with Crippen molar-refractivity contribution in [2.75, 3.05) is 6.54 Å². The molecule has 0 aliphatic carbocycles. The number of unbranched alkanes of at least 4 members (excludes halogenated alkanes) is 5. The number of carbonyl (C=O) groups is 4. The highest BCUT2D eigenvalue weighted by Gasteiger charge is 2.40. The Bertz CT molecular complexity index is 1370. The number of amides is 3. The standard InChI is InChI=1S/C41H63N3O6/c1-12-13-14-15-16-20-26-44(37(46)34(28(2)3)43-39(48)50-41(9,10)11)35(33-29(4)22-21-23-30(33)5)36(45)42-32(38(47)49-40(6,7)8)27-31-24-18-17-19-25-31/h17-19,21-25,28,32,34-35H,12-16,20,26-27H2,1-11H3,(H,42,45)(H,43,48). The first-order valence-corrected chi connectivity index (χ1v) is 18.3. The topological polar surface area (TPSA) is 114 Å². The minimum Gasteiger partial charge on any atom is -0.458 e. The second-order valence-electron chi connectivity index (χ2n) is 15.7. The number of ether oxygens (including phenoxy) is 2. The fourth-order valence-corrected chi connectivity index (χ4v) is 5.91. The number of carbonyl (C=O) groups excluding carboxylic acids is 4. The Hall–Kier alpha value is -3.88. The lowest BCUT2D eigenvalue weighted by Crippen LogP contribution is -2.56. The normalized spacial score (nSPS) is 13.6. The van der Waals surface area contributed by atoms with Gasteiger partial charge in [0.1, 0.15) is 29.3 Å². The molecule has 0 aliphatic rings. The quantitative estimate of drug-likeness (QED) is 0.128. The van der Waals surface area contributed by atoms with Gasteiger partial charge in [0.15, 0.2) is 0 Å². The molecule has 3 amide bonds. The van der Waals surface area contributed by atoms with Crippen LogP contribution in [0.15, 0.2) is 48.5 Å². The number of nitrogens with one attached hydrogen (secondary N) is 2. The second-order valence-corrected chi connectivity index (χ2v) is 15.7. The molecule has 9 heteroatoms. The molecule has 0 radical (unpaired) electrons. The van der Waals surface area contributed by atoms with E-state index in [2.05, 4.69) is 17.6 Å². The number of hydrogen-bond donors (Lipinski definition) is 2. The summed E-state index contributed by atoms with van der Waals surface area (Å²) in [7, 11) is 0. The maximum absolute atomic E-state index is 14.8. The van der Waals surface area contributed by atoms with Crippen LogP contribution in [0.25, 0.3) is 0 Å². The van der Waals surface area contributed by atoms with Crippen LogP contribution in [0.2, 0.25) is 0 Å². The van der Waals surface area contributed by atoms with Crippen molar-refractivity contribution in [1.29, 1.82) is 0 Å². The van der Waals surface area contributed by atoms with E-state index in [1.807, 2.05) is 76.2 Å². The highest BCUT2D eigenvalue weighted by molar-refractivity contribution is 5.94. The van der Waals surface area contributed by atoms with Crippen molar-refractivity contribution in [3.8, 4) is 0 Å². The Labute approximate surface area is 301 Å². The van der Waals surface area contributed by atoms with Crippen molar-refractivity contribution in [1.82, 2.24) is 15.5 Å². The Morgan fingerprint density at radius 1 is 0.740 bits per heavy atom. The molecule has 0 saturated carbocycles. The molecule has 0 spiro atoms. The molecule has 9 nitrogen and oxygen atoms in total. The van der Waals surface area contributed by atoms with E-state index in [4.69, 9.17) is 9.47 Å². The lowest BCUT2D eigenvalue weighted by molar-refractivity contribution is -0.159. The Kier molecular flexibility index (Phi) is 16.5. The molecule has 0 bridgehead atoms. The minimum atomic E-state index is -1.08. The molecule has 2 rings (SSSR count).